The molecule has 0 unspecified atom stereocenters. The van der Waals surface area contributed by atoms with Crippen molar-refractivity contribution < 1.29 is 0 Å². The summed E-state index contributed by atoms with van der Waals surface area (Å²) in [4.78, 5) is 0. The first-order chi connectivity index (χ1) is 15.6. The third-order valence-electron chi connectivity index (χ3n) is 5.92. The molecule has 1 heterocycles. The maximum Gasteiger partial charge on any atom is 0.113 e. The van der Waals surface area contributed by atoms with Crippen molar-refractivity contribution in [3.05, 3.63) is 96.2 Å². The van der Waals surface area contributed by atoms with E-state index >= 15 is 0 Å². The van der Waals surface area contributed by atoms with Gasteiger partial charge in [0.15, 0.2) is 0 Å². The lowest BCUT2D eigenvalue weighted by molar-refractivity contribution is 0.569. The van der Waals surface area contributed by atoms with Crippen molar-refractivity contribution in [2.45, 2.75) is 58.7 Å². The molecule has 0 aliphatic heterocycles. The van der Waals surface area contributed by atoms with E-state index in [1.165, 1.54) is 21.7 Å². The largest absolute Gasteiger partial charge is 0.247 e. The molecule has 0 radical (unpaired) electrons. The van der Waals surface area contributed by atoms with Crippen LogP contribution in [0.5, 0.6) is 0 Å². The summed E-state index contributed by atoms with van der Waals surface area (Å²) in [6.45, 7) is 13.6. The number of hydrogen-bond acceptors (Lipinski definition) is 2. The molecule has 0 aliphatic carbocycles. The van der Waals surface area contributed by atoms with Crippen LogP contribution in [-0.4, -0.2) is 15.0 Å². The second kappa shape index (κ2) is 9.23. The van der Waals surface area contributed by atoms with E-state index in [0.29, 0.717) is 0 Å². The summed E-state index contributed by atoms with van der Waals surface area (Å²) in [6, 6.07) is 28.4. The Morgan fingerprint density at radius 2 is 1.18 bits per heavy atom. The number of nitrogens with zero attached hydrogens (tertiary/aromatic N) is 3. The van der Waals surface area contributed by atoms with Crippen LogP contribution in [0.3, 0.4) is 0 Å². The maximum atomic E-state index is 4.60. The molecule has 170 valence electrons. The number of benzene rings is 3. The molecule has 0 amide bonds. The first-order valence-electron chi connectivity index (χ1n) is 11.6. The Kier molecular flexibility index (Phi) is 6.54. The molecule has 33 heavy (non-hydrogen) atoms. The lowest BCUT2D eigenvalue weighted by Gasteiger charge is -2.26. The SMILES string of the molecule is CC(C)(C)c1cc(-c2cn(CP(c3ccccc3)c3ccccc3)nn2)cc(C(C)(C)C)c1. The van der Waals surface area contributed by atoms with Crippen molar-refractivity contribution in [1.82, 2.24) is 15.0 Å². The molecule has 0 saturated heterocycles. The third-order valence-corrected chi connectivity index (χ3v) is 8.34. The predicted molar refractivity (Wildman–Crippen MR) is 142 cm³/mol. The van der Waals surface area contributed by atoms with E-state index < -0.39 is 7.92 Å². The van der Waals surface area contributed by atoms with Crippen LogP contribution in [0.2, 0.25) is 0 Å². The van der Waals surface area contributed by atoms with Gasteiger partial charge in [-0.05, 0) is 52.6 Å². The van der Waals surface area contributed by atoms with Gasteiger partial charge in [-0.3, -0.25) is 0 Å². The molecule has 4 aromatic rings. The van der Waals surface area contributed by atoms with Crippen molar-refractivity contribution >= 4 is 18.5 Å². The zero-order valence-electron chi connectivity index (χ0n) is 20.6. The molecule has 3 aromatic carbocycles. The molecule has 0 aliphatic rings. The van der Waals surface area contributed by atoms with Gasteiger partial charge in [0.1, 0.15) is 5.69 Å². The van der Waals surface area contributed by atoms with Crippen LogP contribution in [-0.2, 0) is 17.1 Å². The van der Waals surface area contributed by atoms with Crippen LogP contribution in [0.25, 0.3) is 11.3 Å². The first-order valence-corrected chi connectivity index (χ1v) is 13.1. The summed E-state index contributed by atoms with van der Waals surface area (Å²) in [5, 5.41) is 11.8. The number of rotatable bonds is 5. The van der Waals surface area contributed by atoms with Crippen LogP contribution < -0.4 is 10.6 Å². The highest BCUT2D eigenvalue weighted by molar-refractivity contribution is 7.72. The number of hydrogen-bond donors (Lipinski definition) is 0. The maximum absolute atomic E-state index is 4.60. The molecule has 1 aromatic heterocycles. The highest BCUT2D eigenvalue weighted by Gasteiger charge is 2.22. The summed E-state index contributed by atoms with van der Waals surface area (Å²) < 4.78 is 2.02. The monoisotopic (exact) mass is 455 g/mol. The van der Waals surface area contributed by atoms with Gasteiger partial charge < -0.3 is 0 Å². The van der Waals surface area contributed by atoms with Crippen molar-refractivity contribution in [3.63, 3.8) is 0 Å². The predicted octanol–water partition coefficient (Wildman–Crippen LogP) is 6.63. The molecular formula is C29H34N3P. The fraction of sp³-hybridized carbons (Fsp3) is 0.310. The fourth-order valence-electron chi connectivity index (χ4n) is 3.81. The summed E-state index contributed by atoms with van der Waals surface area (Å²) in [7, 11) is -0.572. The van der Waals surface area contributed by atoms with E-state index in [9.17, 15) is 0 Å². The standard InChI is InChI=1S/C29H34N3P/c1-28(2,3)23-17-22(18-24(19-23)29(4,5)6)27-20-32(31-30-27)21-33(25-13-9-7-10-14-25)26-15-11-8-12-16-26/h7-20H,21H2,1-6H3. The Bertz CT molecular complexity index is 1130. The lowest BCUT2D eigenvalue weighted by atomic mass is 9.79. The second-order valence-electron chi connectivity index (χ2n) is 10.7. The van der Waals surface area contributed by atoms with E-state index in [1.54, 1.807) is 0 Å². The smallest absolute Gasteiger partial charge is 0.113 e. The van der Waals surface area contributed by atoms with Crippen molar-refractivity contribution in [2.75, 3.05) is 0 Å². The van der Waals surface area contributed by atoms with Crippen LogP contribution in [0.1, 0.15) is 52.7 Å². The average molecular weight is 456 g/mol. The van der Waals surface area contributed by atoms with Gasteiger partial charge in [-0.15, -0.1) is 5.10 Å². The van der Waals surface area contributed by atoms with Crippen molar-refractivity contribution in [3.8, 4) is 11.3 Å². The lowest BCUT2D eigenvalue weighted by Crippen LogP contribution is -2.16. The molecule has 4 rings (SSSR count). The Morgan fingerprint density at radius 1 is 0.697 bits per heavy atom. The molecule has 0 saturated carbocycles. The van der Waals surface area contributed by atoms with Gasteiger partial charge in [0.2, 0.25) is 0 Å². The molecular weight excluding hydrogens is 421 g/mol. The molecule has 0 N–H and O–H groups in total. The minimum atomic E-state index is -0.572. The van der Waals surface area contributed by atoms with E-state index in [-0.39, 0.29) is 10.8 Å². The van der Waals surface area contributed by atoms with Gasteiger partial charge >= 0.3 is 0 Å². The van der Waals surface area contributed by atoms with Crippen LogP contribution in [0, 0.1) is 0 Å². The zero-order chi connectivity index (χ0) is 23.6. The summed E-state index contributed by atoms with van der Waals surface area (Å²) in [6.07, 6.45) is 2.91. The van der Waals surface area contributed by atoms with E-state index in [1.807, 2.05) is 4.68 Å². The van der Waals surface area contributed by atoms with Gasteiger partial charge in [0.25, 0.3) is 0 Å². The zero-order valence-corrected chi connectivity index (χ0v) is 21.5. The molecule has 0 bridgehead atoms. The average Bonchev–Trinajstić information content (AvgIpc) is 3.26. The topological polar surface area (TPSA) is 30.7 Å². The minimum absolute atomic E-state index is 0.0704. The van der Waals surface area contributed by atoms with Crippen molar-refractivity contribution in [2.24, 2.45) is 0 Å². The van der Waals surface area contributed by atoms with Crippen LogP contribution in [0.15, 0.2) is 85.1 Å². The van der Waals surface area contributed by atoms with E-state index in [4.69, 9.17) is 0 Å². The van der Waals surface area contributed by atoms with Gasteiger partial charge in [0, 0.05) is 5.56 Å². The summed E-state index contributed by atoms with van der Waals surface area (Å²) in [5.41, 5.74) is 4.87. The third kappa shape index (κ3) is 5.60. The molecule has 0 spiro atoms. The van der Waals surface area contributed by atoms with E-state index in [0.717, 1.165) is 17.5 Å². The fourth-order valence-corrected chi connectivity index (χ4v) is 5.93. The van der Waals surface area contributed by atoms with Crippen LogP contribution >= 0.6 is 7.92 Å². The molecule has 3 nitrogen and oxygen atoms in total. The molecule has 4 heteroatoms. The Labute approximate surface area is 199 Å². The molecule has 0 fully saturated rings. The molecule has 0 atom stereocenters. The highest BCUT2D eigenvalue weighted by Crippen LogP contribution is 2.36. The van der Waals surface area contributed by atoms with E-state index in [2.05, 4.69) is 137 Å². The highest BCUT2D eigenvalue weighted by atomic mass is 31.1. The van der Waals surface area contributed by atoms with Crippen LogP contribution in [0.4, 0.5) is 0 Å². The Hall–Kier alpha value is -2.77. The number of aromatic nitrogens is 3. The Morgan fingerprint density at radius 3 is 1.64 bits per heavy atom. The quantitative estimate of drug-likeness (QED) is 0.316. The van der Waals surface area contributed by atoms with Gasteiger partial charge in [-0.2, -0.15) is 0 Å². The van der Waals surface area contributed by atoms with Gasteiger partial charge in [-0.1, -0.05) is 113 Å². The van der Waals surface area contributed by atoms with Gasteiger partial charge in [-0.25, -0.2) is 4.68 Å². The summed E-state index contributed by atoms with van der Waals surface area (Å²) >= 11 is 0. The summed E-state index contributed by atoms with van der Waals surface area (Å²) in [5.74, 6) is 0. The first kappa shape index (κ1) is 23.4. The Balaban J connectivity index is 1.70. The van der Waals surface area contributed by atoms with Crippen molar-refractivity contribution in [1.29, 1.82) is 0 Å². The minimum Gasteiger partial charge on any atom is -0.247 e. The van der Waals surface area contributed by atoms with Gasteiger partial charge in [0.05, 0.1) is 12.5 Å². The second-order valence-corrected chi connectivity index (χ2v) is 12.9. The normalized spacial score (nSPS) is 12.3.